The zero-order valence-electron chi connectivity index (χ0n) is 8.72. The van der Waals surface area contributed by atoms with Gasteiger partial charge in [-0.15, -0.1) is 0 Å². The number of rotatable bonds is 4. The average Bonchev–Trinajstić information content (AvgIpc) is 2.80. The van der Waals surface area contributed by atoms with Crippen LogP contribution in [-0.2, 0) is 6.54 Å². The molecule has 0 saturated heterocycles. The third-order valence-corrected chi connectivity index (χ3v) is 2.18. The maximum atomic E-state index is 4.36. The Morgan fingerprint density at radius 3 is 3.07 bits per heavy atom. The number of hydrogen-bond donors (Lipinski definition) is 1. The van der Waals surface area contributed by atoms with Crippen LogP contribution in [0.3, 0.4) is 0 Å². The fourth-order valence-corrected chi connectivity index (χ4v) is 1.44. The zero-order chi connectivity index (χ0) is 10.5. The molecule has 0 bridgehead atoms. The molecule has 0 unspecified atom stereocenters. The first-order valence-electron chi connectivity index (χ1n) is 5.04. The van der Waals surface area contributed by atoms with Crippen molar-refractivity contribution in [2.75, 3.05) is 6.54 Å². The lowest BCUT2D eigenvalue weighted by atomic mass is 10.2. The van der Waals surface area contributed by atoms with Gasteiger partial charge in [0.2, 0.25) is 0 Å². The first-order valence-corrected chi connectivity index (χ1v) is 5.04. The summed E-state index contributed by atoms with van der Waals surface area (Å²) in [5.41, 5.74) is 1.18. The SMILES string of the molecule is CCNCc1cccnc1-n1ccnc1. The van der Waals surface area contributed by atoms with Crippen LogP contribution >= 0.6 is 0 Å². The highest BCUT2D eigenvalue weighted by Crippen LogP contribution is 2.10. The monoisotopic (exact) mass is 202 g/mol. The van der Waals surface area contributed by atoms with Gasteiger partial charge in [0, 0.05) is 30.7 Å². The lowest BCUT2D eigenvalue weighted by Crippen LogP contribution is -2.14. The number of hydrogen-bond acceptors (Lipinski definition) is 3. The molecule has 0 atom stereocenters. The first-order chi connectivity index (χ1) is 7.42. The van der Waals surface area contributed by atoms with Crippen LogP contribution in [0.5, 0.6) is 0 Å². The molecule has 78 valence electrons. The van der Waals surface area contributed by atoms with E-state index < -0.39 is 0 Å². The van der Waals surface area contributed by atoms with Gasteiger partial charge in [0.25, 0.3) is 0 Å². The summed E-state index contributed by atoms with van der Waals surface area (Å²) in [4.78, 5) is 8.38. The Morgan fingerprint density at radius 2 is 2.33 bits per heavy atom. The van der Waals surface area contributed by atoms with Gasteiger partial charge in [0.05, 0.1) is 0 Å². The van der Waals surface area contributed by atoms with Crippen molar-refractivity contribution < 1.29 is 0 Å². The van der Waals surface area contributed by atoms with Crippen molar-refractivity contribution in [2.24, 2.45) is 0 Å². The minimum Gasteiger partial charge on any atom is -0.313 e. The highest BCUT2D eigenvalue weighted by atomic mass is 15.1. The number of nitrogens with one attached hydrogen (secondary N) is 1. The van der Waals surface area contributed by atoms with Crippen LogP contribution < -0.4 is 5.32 Å². The zero-order valence-corrected chi connectivity index (χ0v) is 8.72. The third kappa shape index (κ3) is 2.22. The van der Waals surface area contributed by atoms with E-state index in [1.165, 1.54) is 5.56 Å². The molecule has 0 fully saturated rings. The van der Waals surface area contributed by atoms with Gasteiger partial charge >= 0.3 is 0 Å². The van der Waals surface area contributed by atoms with Crippen LogP contribution in [0.2, 0.25) is 0 Å². The third-order valence-electron chi connectivity index (χ3n) is 2.18. The minimum atomic E-state index is 0.831. The van der Waals surface area contributed by atoms with Crippen molar-refractivity contribution in [3.63, 3.8) is 0 Å². The molecular weight excluding hydrogens is 188 g/mol. The standard InChI is InChI=1S/C11H14N4/c1-2-12-8-10-4-3-5-14-11(10)15-7-6-13-9-15/h3-7,9,12H,2,8H2,1H3. The molecule has 15 heavy (non-hydrogen) atoms. The Hall–Kier alpha value is -1.68. The Balaban J connectivity index is 2.30. The predicted octanol–water partition coefficient (Wildman–Crippen LogP) is 1.38. The summed E-state index contributed by atoms with van der Waals surface area (Å²) >= 11 is 0. The largest absolute Gasteiger partial charge is 0.313 e. The molecule has 4 nitrogen and oxygen atoms in total. The van der Waals surface area contributed by atoms with E-state index in [1.807, 2.05) is 16.8 Å². The average molecular weight is 202 g/mol. The van der Waals surface area contributed by atoms with Crippen molar-refractivity contribution in [3.05, 3.63) is 42.6 Å². The maximum Gasteiger partial charge on any atom is 0.142 e. The second kappa shape index (κ2) is 4.70. The molecule has 0 spiro atoms. The van der Waals surface area contributed by atoms with Gasteiger partial charge in [-0.3, -0.25) is 4.57 Å². The molecule has 0 aromatic carbocycles. The maximum absolute atomic E-state index is 4.36. The molecule has 0 saturated carbocycles. The van der Waals surface area contributed by atoms with E-state index in [0.717, 1.165) is 18.9 Å². The number of aromatic nitrogens is 3. The van der Waals surface area contributed by atoms with Crippen LogP contribution in [0.4, 0.5) is 0 Å². The summed E-state index contributed by atoms with van der Waals surface area (Å²) in [5, 5.41) is 3.29. The van der Waals surface area contributed by atoms with Crippen molar-refractivity contribution in [2.45, 2.75) is 13.5 Å². The second-order valence-electron chi connectivity index (χ2n) is 3.24. The van der Waals surface area contributed by atoms with Crippen molar-refractivity contribution in [1.29, 1.82) is 0 Å². The van der Waals surface area contributed by atoms with E-state index in [-0.39, 0.29) is 0 Å². The van der Waals surface area contributed by atoms with Crippen LogP contribution in [0.25, 0.3) is 5.82 Å². The molecule has 2 aromatic heterocycles. The molecule has 0 aliphatic carbocycles. The highest BCUT2D eigenvalue weighted by molar-refractivity contribution is 5.33. The molecule has 2 heterocycles. The van der Waals surface area contributed by atoms with E-state index in [1.54, 1.807) is 18.7 Å². The second-order valence-corrected chi connectivity index (χ2v) is 3.24. The summed E-state index contributed by atoms with van der Waals surface area (Å²) in [6.07, 6.45) is 7.21. The van der Waals surface area contributed by atoms with E-state index in [0.29, 0.717) is 0 Å². The highest BCUT2D eigenvalue weighted by Gasteiger charge is 2.03. The van der Waals surface area contributed by atoms with E-state index >= 15 is 0 Å². The predicted molar refractivity (Wildman–Crippen MR) is 58.7 cm³/mol. The Kier molecular flexibility index (Phi) is 3.09. The molecule has 0 amide bonds. The summed E-state index contributed by atoms with van der Waals surface area (Å²) in [7, 11) is 0. The Labute approximate surface area is 89.0 Å². The summed E-state index contributed by atoms with van der Waals surface area (Å²) < 4.78 is 1.92. The smallest absolute Gasteiger partial charge is 0.142 e. The quantitative estimate of drug-likeness (QED) is 0.814. The number of pyridine rings is 1. The normalized spacial score (nSPS) is 10.5. The van der Waals surface area contributed by atoms with Crippen LogP contribution in [0.15, 0.2) is 37.1 Å². The Morgan fingerprint density at radius 1 is 1.40 bits per heavy atom. The summed E-state index contributed by atoms with van der Waals surface area (Å²) in [6, 6.07) is 4.03. The molecule has 4 heteroatoms. The molecule has 0 aliphatic heterocycles. The van der Waals surface area contributed by atoms with Crippen LogP contribution in [-0.4, -0.2) is 21.1 Å². The van der Waals surface area contributed by atoms with E-state index in [9.17, 15) is 0 Å². The lowest BCUT2D eigenvalue weighted by molar-refractivity contribution is 0.718. The minimum absolute atomic E-state index is 0.831. The van der Waals surface area contributed by atoms with Gasteiger partial charge in [0.15, 0.2) is 0 Å². The molecule has 1 N–H and O–H groups in total. The first kappa shape index (κ1) is 9.86. The topological polar surface area (TPSA) is 42.7 Å². The van der Waals surface area contributed by atoms with E-state index in [2.05, 4.69) is 28.3 Å². The molecule has 2 rings (SSSR count). The van der Waals surface area contributed by atoms with Crippen molar-refractivity contribution in [3.8, 4) is 5.82 Å². The fraction of sp³-hybridized carbons (Fsp3) is 0.273. The molecule has 2 aromatic rings. The van der Waals surface area contributed by atoms with Gasteiger partial charge in [-0.05, 0) is 12.6 Å². The summed E-state index contributed by atoms with van der Waals surface area (Å²) in [6.45, 7) is 3.88. The van der Waals surface area contributed by atoms with Gasteiger partial charge in [0.1, 0.15) is 12.1 Å². The number of imidazole rings is 1. The van der Waals surface area contributed by atoms with Gasteiger partial charge in [-0.2, -0.15) is 0 Å². The van der Waals surface area contributed by atoms with E-state index in [4.69, 9.17) is 0 Å². The number of nitrogens with zero attached hydrogens (tertiary/aromatic N) is 3. The molecular formula is C11H14N4. The van der Waals surface area contributed by atoms with Crippen LogP contribution in [0.1, 0.15) is 12.5 Å². The van der Waals surface area contributed by atoms with Crippen molar-refractivity contribution >= 4 is 0 Å². The lowest BCUT2D eigenvalue weighted by Gasteiger charge is -2.08. The Bertz CT molecular complexity index is 408. The summed E-state index contributed by atoms with van der Waals surface area (Å²) in [5.74, 6) is 0.941. The molecule has 0 aliphatic rings. The fourth-order valence-electron chi connectivity index (χ4n) is 1.44. The van der Waals surface area contributed by atoms with Crippen molar-refractivity contribution in [1.82, 2.24) is 19.9 Å². The van der Waals surface area contributed by atoms with Gasteiger partial charge in [-0.25, -0.2) is 9.97 Å². The van der Waals surface area contributed by atoms with Crippen LogP contribution in [0, 0.1) is 0 Å². The van der Waals surface area contributed by atoms with Gasteiger partial charge < -0.3 is 5.32 Å². The molecule has 0 radical (unpaired) electrons. The van der Waals surface area contributed by atoms with Gasteiger partial charge in [-0.1, -0.05) is 13.0 Å².